The Morgan fingerprint density at radius 3 is 2.45 bits per heavy atom. The van der Waals surface area contributed by atoms with Gasteiger partial charge in [-0.05, 0) is 44.0 Å². The van der Waals surface area contributed by atoms with Gasteiger partial charge in [-0.3, -0.25) is 4.79 Å². The van der Waals surface area contributed by atoms with Gasteiger partial charge in [0, 0.05) is 35.1 Å². The van der Waals surface area contributed by atoms with Crippen LogP contribution in [0, 0.1) is 13.8 Å². The first kappa shape index (κ1) is 22.1. The number of methoxy groups -OCH3 is 1. The fourth-order valence-electron chi connectivity index (χ4n) is 3.54. The average Bonchev–Trinajstić information content (AvgIpc) is 3.08. The number of nitrogens with zero attached hydrogens (tertiary/aromatic N) is 1. The van der Waals surface area contributed by atoms with Gasteiger partial charge in [-0.25, -0.2) is 4.79 Å². The van der Waals surface area contributed by atoms with Gasteiger partial charge >= 0.3 is 5.97 Å². The lowest BCUT2D eigenvalue weighted by atomic mass is 10.1. The monoisotopic (exact) mass is 417 g/mol. The number of aryl methyl sites for hydroxylation is 2. The Kier molecular flexibility index (Phi) is 7.44. The summed E-state index contributed by atoms with van der Waals surface area (Å²) < 4.78 is 12.5. The third-order valence-electron chi connectivity index (χ3n) is 5.22. The van der Waals surface area contributed by atoms with E-state index in [0.717, 1.165) is 29.9 Å². The molecule has 0 aliphatic carbocycles. The van der Waals surface area contributed by atoms with Crippen molar-refractivity contribution in [1.82, 2.24) is 4.57 Å². The summed E-state index contributed by atoms with van der Waals surface area (Å²) >= 11 is 0. The molecule has 0 aliphatic heterocycles. The third-order valence-corrected chi connectivity index (χ3v) is 5.22. The first-order valence-electron chi connectivity index (χ1n) is 10.2. The number of ketones is 1. The lowest BCUT2D eigenvalue weighted by molar-refractivity contribution is -0.136. The lowest BCUT2D eigenvalue weighted by Crippen LogP contribution is -2.14. The van der Waals surface area contributed by atoms with E-state index < -0.39 is 5.97 Å². The second kappa shape index (κ2) is 10.4. The molecule has 0 radical (unpaired) electrons. The number of rotatable bonds is 9. The molecule has 0 N–H and O–H groups in total. The molecule has 0 unspecified atom stereocenters. The van der Waals surface area contributed by atoms with Gasteiger partial charge < -0.3 is 14.0 Å². The smallest absolute Gasteiger partial charge is 0.331 e. The fraction of sp³-hybridized carbons (Fsp3) is 0.231. The summed E-state index contributed by atoms with van der Waals surface area (Å²) in [5.41, 5.74) is 4.50. The van der Waals surface area contributed by atoms with Gasteiger partial charge in [-0.2, -0.15) is 0 Å². The molecule has 0 aliphatic rings. The number of Topliss-reactive ketones (excluding diaryl/α,β-unsaturated/α-hetero) is 1. The molecule has 0 spiro atoms. The van der Waals surface area contributed by atoms with Crippen LogP contribution in [0.1, 0.15) is 32.9 Å². The van der Waals surface area contributed by atoms with Crippen molar-refractivity contribution in [2.24, 2.45) is 0 Å². The van der Waals surface area contributed by atoms with E-state index in [-0.39, 0.29) is 12.4 Å². The molecular weight excluding hydrogens is 390 g/mol. The van der Waals surface area contributed by atoms with Crippen molar-refractivity contribution < 1.29 is 19.1 Å². The molecule has 160 valence electrons. The van der Waals surface area contributed by atoms with Crippen molar-refractivity contribution in [1.29, 1.82) is 0 Å². The van der Waals surface area contributed by atoms with Crippen LogP contribution < -0.4 is 4.74 Å². The van der Waals surface area contributed by atoms with Gasteiger partial charge in [0.15, 0.2) is 6.61 Å². The van der Waals surface area contributed by atoms with Crippen molar-refractivity contribution in [3.05, 3.63) is 94.8 Å². The number of para-hydroxylation sites is 1. The number of aromatic nitrogens is 1. The zero-order valence-corrected chi connectivity index (χ0v) is 18.1. The van der Waals surface area contributed by atoms with Crippen LogP contribution in [0.2, 0.25) is 0 Å². The van der Waals surface area contributed by atoms with E-state index in [1.165, 1.54) is 11.6 Å². The number of carbonyl (C=O) groups excluding carboxylic acids is 2. The number of benzene rings is 2. The largest absolute Gasteiger partial charge is 0.496 e. The number of esters is 1. The SMILES string of the molecule is COc1ccccc1C=CC(=O)OCC(=O)c1cc(C)n(CCc2ccccc2)c1C. The molecule has 1 aromatic heterocycles. The molecule has 0 bridgehead atoms. The molecule has 5 nitrogen and oxygen atoms in total. The summed E-state index contributed by atoms with van der Waals surface area (Å²) in [6.45, 7) is 4.40. The number of ether oxygens (including phenoxy) is 2. The predicted octanol–water partition coefficient (Wildman–Crippen LogP) is 4.80. The molecule has 0 atom stereocenters. The summed E-state index contributed by atoms with van der Waals surface area (Å²) in [6.07, 6.45) is 3.79. The highest BCUT2D eigenvalue weighted by Crippen LogP contribution is 2.19. The normalized spacial score (nSPS) is 10.9. The van der Waals surface area contributed by atoms with Crippen molar-refractivity contribution in [2.45, 2.75) is 26.8 Å². The van der Waals surface area contributed by atoms with E-state index in [2.05, 4.69) is 16.7 Å². The molecule has 0 saturated carbocycles. The van der Waals surface area contributed by atoms with Crippen molar-refractivity contribution >= 4 is 17.8 Å². The van der Waals surface area contributed by atoms with Gasteiger partial charge in [-0.1, -0.05) is 48.5 Å². The maximum Gasteiger partial charge on any atom is 0.331 e. The summed E-state index contributed by atoms with van der Waals surface area (Å²) in [4.78, 5) is 24.7. The van der Waals surface area contributed by atoms with Gasteiger partial charge in [0.05, 0.1) is 7.11 Å². The first-order chi connectivity index (χ1) is 15.0. The summed E-state index contributed by atoms with van der Waals surface area (Å²) in [5, 5.41) is 0. The highest BCUT2D eigenvalue weighted by molar-refractivity contribution is 6.00. The Balaban J connectivity index is 1.59. The van der Waals surface area contributed by atoms with Crippen molar-refractivity contribution in [2.75, 3.05) is 13.7 Å². The molecule has 0 amide bonds. The van der Waals surface area contributed by atoms with E-state index in [4.69, 9.17) is 9.47 Å². The molecule has 0 fully saturated rings. The van der Waals surface area contributed by atoms with Crippen LogP contribution in [-0.2, 0) is 22.5 Å². The Hall–Kier alpha value is -3.60. The van der Waals surface area contributed by atoms with E-state index >= 15 is 0 Å². The zero-order valence-electron chi connectivity index (χ0n) is 18.1. The van der Waals surface area contributed by atoms with E-state index in [1.807, 2.05) is 62.4 Å². The molecule has 31 heavy (non-hydrogen) atoms. The zero-order chi connectivity index (χ0) is 22.2. The molecular formula is C26H27NO4. The van der Waals surface area contributed by atoms with Gasteiger partial charge in [-0.15, -0.1) is 0 Å². The second-order valence-corrected chi connectivity index (χ2v) is 7.28. The van der Waals surface area contributed by atoms with Crippen LogP contribution in [0.25, 0.3) is 6.08 Å². The van der Waals surface area contributed by atoms with Gasteiger partial charge in [0.2, 0.25) is 5.78 Å². The Labute approximate surface area is 182 Å². The fourth-order valence-corrected chi connectivity index (χ4v) is 3.54. The van der Waals surface area contributed by atoms with Gasteiger partial charge in [0.25, 0.3) is 0 Å². The van der Waals surface area contributed by atoms with Crippen LogP contribution in [-0.4, -0.2) is 30.0 Å². The van der Waals surface area contributed by atoms with Crippen molar-refractivity contribution in [3.8, 4) is 5.75 Å². The van der Waals surface area contributed by atoms with Crippen LogP contribution in [0.5, 0.6) is 5.75 Å². The summed E-state index contributed by atoms with van der Waals surface area (Å²) in [5.74, 6) is -0.124. The maximum absolute atomic E-state index is 12.6. The molecule has 0 saturated heterocycles. The molecule has 5 heteroatoms. The van der Waals surface area contributed by atoms with E-state index in [9.17, 15) is 9.59 Å². The number of carbonyl (C=O) groups is 2. The number of hydrogen-bond donors (Lipinski definition) is 0. The Morgan fingerprint density at radius 2 is 1.71 bits per heavy atom. The molecule has 1 heterocycles. The average molecular weight is 418 g/mol. The predicted molar refractivity (Wildman–Crippen MR) is 121 cm³/mol. The van der Waals surface area contributed by atoms with Crippen LogP contribution >= 0.6 is 0 Å². The molecule has 3 aromatic rings. The quantitative estimate of drug-likeness (QED) is 0.285. The minimum Gasteiger partial charge on any atom is -0.496 e. The summed E-state index contributed by atoms with van der Waals surface area (Å²) in [7, 11) is 1.57. The standard InChI is InChI=1S/C26H27NO4/c1-19-17-23(20(2)27(19)16-15-21-9-5-4-6-10-21)24(28)18-31-26(29)14-13-22-11-7-8-12-25(22)30-3/h4-14,17H,15-16,18H2,1-3H3. The van der Waals surface area contributed by atoms with Crippen molar-refractivity contribution in [3.63, 3.8) is 0 Å². The van der Waals surface area contributed by atoms with E-state index in [0.29, 0.717) is 11.3 Å². The lowest BCUT2D eigenvalue weighted by Gasteiger charge is -2.10. The van der Waals surface area contributed by atoms with Crippen LogP contribution in [0.3, 0.4) is 0 Å². The first-order valence-corrected chi connectivity index (χ1v) is 10.2. The molecule has 2 aromatic carbocycles. The highest BCUT2D eigenvalue weighted by atomic mass is 16.5. The van der Waals surface area contributed by atoms with Crippen LogP contribution in [0.15, 0.2) is 66.7 Å². The second-order valence-electron chi connectivity index (χ2n) is 7.28. The van der Waals surface area contributed by atoms with Crippen LogP contribution in [0.4, 0.5) is 0 Å². The Bertz CT molecular complexity index is 1080. The Morgan fingerprint density at radius 1 is 1.00 bits per heavy atom. The molecule has 3 rings (SSSR count). The topological polar surface area (TPSA) is 57.5 Å². The minimum absolute atomic E-state index is 0.210. The minimum atomic E-state index is -0.572. The van der Waals surface area contributed by atoms with E-state index in [1.54, 1.807) is 13.2 Å². The summed E-state index contributed by atoms with van der Waals surface area (Å²) in [6, 6.07) is 19.4. The van der Waals surface area contributed by atoms with Gasteiger partial charge in [0.1, 0.15) is 5.75 Å². The third kappa shape index (κ3) is 5.72. The number of hydrogen-bond acceptors (Lipinski definition) is 4. The maximum atomic E-state index is 12.6. The highest BCUT2D eigenvalue weighted by Gasteiger charge is 2.17.